The molecule has 0 radical (unpaired) electrons. The van der Waals surface area contributed by atoms with Gasteiger partial charge in [0.1, 0.15) is 5.82 Å². The van der Waals surface area contributed by atoms with Gasteiger partial charge in [-0.1, -0.05) is 13.8 Å². The van der Waals surface area contributed by atoms with Crippen molar-refractivity contribution in [3.8, 4) is 0 Å². The van der Waals surface area contributed by atoms with Gasteiger partial charge in [-0.2, -0.15) is 11.8 Å². The maximum Gasteiger partial charge on any atom is 0.251 e. The molecule has 1 aromatic rings. The number of carbonyl (C=O) groups is 1. The van der Waals surface area contributed by atoms with Crippen LogP contribution in [0.1, 0.15) is 48.7 Å². The number of hydrogen-bond acceptors (Lipinski definition) is 4. The van der Waals surface area contributed by atoms with Crippen molar-refractivity contribution in [2.24, 2.45) is 0 Å². The number of amides is 1. The molecule has 0 saturated carbocycles. The number of pyridine rings is 1. The SMILES string of the molecule is CC(C)c1cc(C(=O)NCC2CCCS2)cc(N)n1. The van der Waals surface area contributed by atoms with Gasteiger partial charge in [0.15, 0.2) is 0 Å². The van der Waals surface area contributed by atoms with E-state index in [1.807, 2.05) is 31.7 Å². The van der Waals surface area contributed by atoms with E-state index in [-0.39, 0.29) is 11.8 Å². The van der Waals surface area contributed by atoms with Crippen LogP contribution in [0.15, 0.2) is 12.1 Å². The summed E-state index contributed by atoms with van der Waals surface area (Å²) in [6.07, 6.45) is 2.45. The second-order valence-corrected chi connectivity index (χ2v) is 6.61. The fourth-order valence-corrected chi connectivity index (χ4v) is 3.32. The van der Waals surface area contributed by atoms with Crippen molar-refractivity contribution in [1.82, 2.24) is 10.3 Å². The highest BCUT2D eigenvalue weighted by atomic mass is 32.2. The molecule has 1 atom stereocenters. The molecule has 2 heterocycles. The van der Waals surface area contributed by atoms with Crippen molar-refractivity contribution in [2.45, 2.75) is 37.9 Å². The van der Waals surface area contributed by atoms with E-state index in [2.05, 4.69) is 10.3 Å². The highest BCUT2D eigenvalue weighted by molar-refractivity contribution is 8.00. The Balaban J connectivity index is 2.01. The number of aromatic nitrogens is 1. The van der Waals surface area contributed by atoms with Crippen LogP contribution >= 0.6 is 11.8 Å². The monoisotopic (exact) mass is 279 g/mol. The van der Waals surface area contributed by atoms with Crippen LogP contribution < -0.4 is 11.1 Å². The second-order valence-electron chi connectivity index (χ2n) is 5.21. The highest BCUT2D eigenvalue weighted by Gasteiger charge is 2.17. The molecule has 4 nitrogen and oxygen atoms in total. The number of nitrogen functional groups attached to an aromatic ring is 1. The first-order valence-electron chi connectivity index (χ1n) is 6.73. The number of carbonyl (C=O) groups excluding carboxylic acids is 1. The average Bonchev–Trinajstić information content (AvgIpc) is 2.88. The zero-order valence-electron chi connectivity index (χ0n) is 11.5. The molecule has 3 N–H and O–H groups in total. The van der Waals surface area contributed by atoms with Crippen LogP contribution in [-0.4, -0.2) is 28.4 Å². The summed E-state index contributed by atoms with van der Waals surface area (Å²) in [6, 6.07) is 3.47. The molecule has 1 unspecified atom stereocenters. The van der Waals surface area contributed by atoms with Gasteiger partial charge < -0.3 is 11.1 Å². The van der Waals surface area contributed by atoms with Gasteiger partial charge in [0.05, 0.1) is 0 Å². The first-order chi connectivity index (χ1) is 9.06. The van der Waals surface area contributed by atoms with Gasteiger partial charge >= 0.3 is 0 Å². The number of nitrogens with two attached hydrogens (primary N) is 1. The number of rotatable bonds is 4. The molecule has 5 heteroatoms. The Kier molecular flexibility index (Phi) is 4.69. The lowest BCUT2D eigenvalue weighted by atomic mass is 10.1. The van der Waals surface area contributed by atoms with Gasteiger partial charge in [-0.15, -0.1) is 0 Å². The Bertz CT molecular complexity index is 456. The summed E-state index contributed by atoms with van der Waals surface area (Å²) < 4.78 is 0. The summed E-state index contributed by atoms with van der Waals surface area (Å²) in [6.45, 7) is 4.82. The molecule has 1 fully saturated rings. The fourth-order valence-electron chi connectivity index (χ4n) is 2.11. The van der Waals surface area contributed by atoms with E-state index >= 15 is 0 Å². The molecule has 0 aliphatic carbocycles. The van der Waals surface area contributed by atoms with Gasteiger partial charge in [-0.05, 0) is 36.6 Å². The first kappa shape index (κ1) is 14.2. The molecular weight excluding hydrogens is 258 g/mol. The molecule has 0 bridgehead atoms. The predicted octanol–water partition coefficient (Wildman–Crippen LogP) is 2.41. The summed E-state index contributed by atoms with van der Waals surface area (Å²) in [5.41, 5.74) is 7.23. The Morgan fingerprint density at radius 3 is 3.00 bits per heavy atom. The molecule has 0 aromatic carbocycles. The van der Waals surface area contributed by atoms with E-state index in [4.69, 9.17) is 5.73 Å². The Labute approximate surface area is 118 Å². The molecule has 1 aliphatic rings. The highest BCUT2D eigenvalue weighted by Crippen LogP contribution is 2.25. The lowest BCUT2D eigenvalue weighted by Gasteiger charge is -2.12. The minimum Gasteiger partial charge on any atom is -0.384 e. The molecule has 0 spiro atoms. The number of nitrogens with one attached hydrogen (secondary N) is 1. The summed E-state index contributed by atoms with van der Waals surface area (Å²) in [5.74, 6) is 1.83. The lowest BCUT2D eigenvalue weighted by Crippen LogP contribution is -2.30. The van der Waals surface area contributed by atoms with Crippen LogP contribution in [0.2, 0.25) is 0 Å². The maximum absolute atomic E-state index is 12.1. The zero-order chi connectivity index (χ0) is 13.8. The number of thioether (sulfide) groups is 1. The van der Waals surface area contributed by atoms with E-state index in [1.54, 1.807) is 6.07 Å². The maximum atomic E-state index is 12.1. The van der Waals surface area contributed by atoms with Crippen molar-refractivity contribution in [3.05, 3.63) is 23.4 Å². The molecule has 19 heavy (non-hydrogen) atoms. The molecule has 1 amide bonds. The van der Waals surface area contributed by atoms with E-state index in [0.717, 1.165) is 12.2 Å². The molecular formula is C14H21N3OS. The second kappa shape index (κ2) is 6.28. The van der Waals surface area contributed by atoms with Crippen LogP contribution in [-0.2, 0) is 0 Å². The molecule has 1 saturated heterocycles. The van der Waals surface area contributed by atoms with E-state index in [0.29, 0.717) is 16.6 Å². The summed E-state index contributed by atoms with van der Waals surface area (Å²) in [7, 11) is 0. The third-order valence-corrected chi connectivity index (χ3v) is 4.63. The normalized spacial score (nSPS) is 18.8. The lowest BCUT2D eigenvalue weighted by molar-refractivity contribution is 0.0953. The minimum absolute atomic E-state index is 0.0523. The zero-order valence-corrected chi connectivity index (χ0v) is 12.3. The number of nitrogens with zero attached hydrogens (tertiary/aromatic N) is 1. The average molecular weight is 279 g/mol. The van der Waals surface area contributed by atoms with E-state index in [9.17, 15) is 4.79 Å². The first-order valence-corrected chi connectivity index (χ1v) is 7.78. The Hall–Kier alpha value is -1.23. The summed E-state index contributed by atoms with van der Waals surface area (Å²) >= 11 is 1.94. The Morgan fingerprint density at radius 2 is 2.37 bits per heavy atom. The van der Waals surface area contributed by atoms with E-state index < -0.39 is 0 Å². The van der Waals surface area contributed by atoms with Crippen molar-refractivity contribution < 1.29 is 4.79 Å². The van der Waals surface area contributed by atoms with Gasteiger partial charge in [-0.3, -0.25) is 4.79 Å². The van der Waals surface area contributed by atoms with E-state index in [1.165, 1.54) is 18.6 Å². The smallest absolute Gasteiger partial charge is 0.251 e. The minimum atomic E-state index is -0.0523. The van der Waals surface area contributed by atoms with Crippen LogP contribution in [0.3, 0.4) is 0 Å². The van der Waals surface area contributed by atoms with Gasteiger partial charge in [0, 0.05) is 23.1 Å². The van der Waals surface area contributed by atoms with Gasteiger partial charge in [-0.25, -0.2) is 4.98 Å². The summed E-state index contributed by atoms with van der Waals surface area (Å²) in [5, 5.41) is 3.55. The molecule has 104 valence electrons. The topological polar surface area (TPSA) is 68.0 Å². The van der Waals surface area contributed by atoms with Crippen molar-refractivity contribution >= 4 is 23.5 Å². The predicted molar refractivity (Wildman–Crippen MR) is 80.6 cm³/mol. The quantitative estimate of drug-likeness (QED) is 0.888. The third-order valence-electron chi connectivity index (χ3n) is 3.23. The van der Waals surface area contributed by atoms with Gasteiger partial charge in [0.25, 0.3) is 5.91 Å². The van der Waals surface area contributed by atoms with Crippen LogP contribution in [0.5, 0.6) is 0 Å². The number of anilines is 1. The standard InChI is InChI=1S/C14H21N3OS/c1-9(2)12-6-10(7-13(15)17-12)14(18)16-8-11-4-3-5-19-11/h6-7,9,11H,3-5,8H2,1-2H3,(H2,15,17)(H,16,18). The van der Waals surface area contributed by atoms with Crippen LogP contribution in [0.25, 0.3) is 0 Å². The van der Waals surface area contributed by atoms with Crippen LogP contribution in [0, 0.1) is 0 Å². The van der Waals surface area contributed by atoms with Gasteiger partial charge in [0.2, 0.25) is 0 Å². The molecule has 1 aliphatic heterocycles. The molecule has 1 aromatic heterocycles. The van der Waals surface area contributed by atoms with Crippen molar-refractivity contribution in [2.75, 3.05) is 18.0 Å². The third kappa shape index (κ3) is 3.86. The van der Waals surface area contributed by atoms with Crippen molar-refractivity contribution in [1.29, 1.82) is 0 Å². The Morgan fingerprint density at radius 1 is 1.58 bits per heavy atom. The molecule has 2 rings (SSSR count). The largest absolute Gasteiger partial charge is 0.384 e. The van der Waals surface area contributed by atoms with Crippen LogP contribution in [0.4, 0.5) is 5.82 Å². The summed E-state index contributed by atoms with van der Waals surface area (Å²) in [4.78, 5) is 16.4. The van der Waals surface area contributed by atoms with Crippen molar-refractivity contribution in [3.63, 3.8) is 0 Å². The number of hydrogen-bond donors (Lipinski definition) is 2. The fraction of sp³-hybridized carbons (Fsp3) is 0.571.